The highest BCUT2D eigenvalue weighted by atomic mass is 16.5. The molecule has 0 fully saturated rings. The molecule has 4 nitrogen and oxygen atoms in total. The van der Waals surface area contributed by atoms with Crippen LogP contribution in [0.25, 0.3) is 0 Å². The lowest BCUT2D eigenvalue weighted by atomic mass is 9.98. The van der Waals surface area contributed by atoms with E-state index in [-0.39, 0.29) is 5.92 Å². The van der Waals surface area contributed by atoms with Crippen molar-refractivity contribution in [3.05, 3.63) is 37.0 Å². The number of aliphatic hydroxyl groups excluding tert-OH is 1. The van der Waals surface area contributed by atoms with Crippen LogP contribution in [-0.4, -0.2) is 47.3 Å². The first-order chi connectivity index (χ1) is 9.90. The van der Waals surface area contributed by atoms with Gasteiger partial charge in [-0.15, -0.1) is 6.58 Å². The predicted molar refractivity (Wildman–Crippen MR) is 90.2 cm³/mol. The summed E-state index contributed by atoms with van der Waals surface area (Å²) in [7, 11) is 4.19. The Bertz CT molecular complexity index is 336. The number of rotatable bonds is 12. The van der Waals surface area contributed by atoms with E-state index in [4.69, 9.17) is 10.2 Å². The number of unbranched alkanes of at least 4 members (excludes halogenated alkanes) is 1. The van der Waals surface area contributed by atoms with Crippen molar-refractivity contribution in [1.29, 1.82) is 0 Å². The molecule has 0 bridgehead atoms. The lowest BCUT2D eigenvalue weighted by molar-refractivity contribution is 0.188. The highest BCUT2D eigenvalue weighted by molar-refractivity contribution is 4.96. The van der Waals surface area contributed by atoms with E-state index in [1.54, 1.807) is 0 Å². The van der Waals surface area contributed by atoms with Crippen LogP contribution in [0.15, 0.2) is 37.0 Å². The van der Waals surface area contributed by atoms with Crippen LogP contribution in [0.5, 0.6) is 0 Å². The number of hydrogen-bond donors (Lipinski definition) is 2. The largest absolute Gasteiger partial charge is 0.481 e. The van der Waals surface area contributed by atoms with Crippen LogP contribution in [0.4, 0.5) is 0 Å². The number of nitrogens with zero attached hydrogens (tertiary/aromatic N) is 2. The summed E-state index contributed by atoms with van der Waals surface area (Å²) >= 11 is 0. The molecule has 1 atom stereocenters. The molecule has 21 heavy (non-hydrogen) atoms. The van der Waals surface area contributed by atoms with Gasteiger partial charge in [-0.05, 0) is 51.3 Å². The third kappa shape index (κ3) is 10.0. The highest BCUT2D eigenvalue weighted by Gasteiger charge is 2.09. The monoisotopic (exact) mass is 296 g/mol. The van der Waals surface area contributed by atoms with Crippen molar-refractivity contribution in [2.45, 2.75) is 39.0 Å². The summed E-state index contributed by atoms with van der Waals surface area (Å²) < 4.78 is 0. The molecule has 0 aromatic heterocycles. The summed E-state index contributed by atoms with van der Waals surface area (Å²) in [6.45, 7) is 12.1. The van der Waals surface area contributed by atoms with Crippen LogP contribution in [0.1, 0.15) is 39.0 Å². The minimum absolute atomic E-state index is 0.238. The van der Waals surface area contributed by atoms with E-state index in [1.807, 2.05) is 6.08 Å². The van der Waals surface area contributed by atoms with E-state index in [0.717, 1.165) is 31.8 Å². The van der Waals surface area contributed by atoms with Gasteiger partial charge < -0.3 is 15.1 Å². The summed E-state index contributed by atoms with van der Waals surface area (Å²) in [5, 5.41) is 17.6. The van der Waals surface area contributed by atoms with Crippen molar-refractivity contribution in [1.82, 2.24) is 9.80 Å². The summed E-state index contributed by atoms with van der Waals surface area (Å²) in [6.07, 6.45) is 8.09. The van der Waals surface area contributed by atoms with E-state index in [2.05, 4.69) is 44.0 Å². The van der Waals surface area contributed by atoms with Crippen LogP contribution in [0.3, 0.4) is 0 Å². The van der Waals surface area contributed by atoms with E-state index in [0.29, 0.717) is 6.42 Å². The van der Waals surface area contributed by atoms with Crippen LogP contribution < -0.4 is 0 Å². The first kappa shape index (κ1) is 19.6. The summed E-state index contributed by atoms with van der Waals surface area (Å²) in [5.41, 5.74) is 1.10. The SMILES string of the molecule is C=CC(CC=C(O)O)CCC(=C)N(C)CN(C)CCCC. The molecule has 2 N–H and O–H groups in total. The molecule has 0 heterocycles. The minimum atomic E-state index is -0.615. The number of aliphatic hydroxyl groups is 2. The van der Waals surface area contributed by atoms with E-state index in [1.165, 1.54) is 18.9 Å². The van der Waals surface area contributed by atoms with Gasteiger partial charge >= 0.3 is 0 Å². The van der Waals surface area contributed by atoms with E-state index in [9.17, 15) is 0 Å². The van der Waals surface area contributed by atoms with Crippen molar-refractivity contribution in [3.8, 4) is 0 Å². The fourth-order valence-electron chi connectivity index (χ4n) is 2.09. The zero-order chi connectivity index (χ0) is 16.3. The molecule has 0 spiro atoms. The standard InChI is InChI=1S/C17H32N2O2/c1-6-8-13-18(4)14-19(5)15(3)9-10-16(7-2)11-12-17(20)21/h7,12,16,20-21H,2-3,6,8-11,13-14H2,1,4-5H3. The molecule has 0 radical (unpaired) electrons. The quantitative estimate of drug-likeness (QED) is 0.324. The minimum Gasteiger partial charge on any atom is -0.481 e. The van der Waals surface area contributed by atoms with E-state index >= 15 is 0 Å². The Morgan fingerprint density at radius 2 is 1.95 bits per heavy atom. The van der Waals surface area contributed by atoms with E-state index < -0.39 is 5.95 Å². The Hall–Kier alpha value is -1.42. The molecule has 0 aliphatic rings. The lowest BCUT2D eigenvalue weighted by Gasteiger charge is -2.28. The maximum Gasteiger partial charge on any atom is 0.269 e. The van der Waals surface area contributed by atoms with Gasteiger partial charge in [0, 0.05) is 12.7 Å². The fraction of sp³-hybridized carbons (Fsp3) is 0.647. The molecule has 0 aliphatic carbocycles. The molecule has 0 aromatic rings. The Balaban J connectivity index is 4.10. The maximum absolute atomic E-state index is 8.78. The maximum atomic E-state index is 8.78. The van der Waals surface area contributed by atoms with Crippen LogP contribution in [-0.2, 0) is 0 Å². The third-order valence-electron chi connectivity index (χ3n) is 3.63. The molecule has 0 saturated heterocycles. The smallest absolute Gasteiger partial charge is 0.269 e. The lowest BCUT2D eigenvalue weighted by Crippen LogP contribution is -2.33. The van der Waals surface area contributed by atoms with Crippen LogP contribution in [0.2, 0.25) is 0 Å². The summed E-state index contributed by atoms with van der Waals surface area (Å²) in [6, 6.07) is 0. The molecule has 0 aliphatic heterocycles. The van der Waals surface area contributed by atoms with Crippen molar-refractivity contribution in [2.75, 3.05) is 27.3 Å². The topological polar surface area (TPSA) is 46.9 Å². The third-order valence-corrected chi connectivity index (χ3v) is 3.63. The zero-order valence-corrected chi connectivity index (χ0v) is 13.9. The fourth-order valence-corrected chi connectivity index (χ4v) is 2.09. The Kier molecular flexibility index (Phi) is 10.5. The Labute approximate surface area is 130 Å². The molecule has 0 rings (SSSR count). The van der Waals surface area contributed by atoms with Crippen molar-refractivity contribution >= 4 is 0 Å². The molecule has 1 unspecified atom stereocenters. The normalized spacial score (nSPS) is 12.0. The Morgan fingerprint density at radius 3 is 2.48 bits per heavy atom. The molecular formula is C17H32N2O2. The van der Waals surface area contributed by atoms with Gasteiger partial charge in [-0.3, -0.25) is 4.90 Å². The van der Waals surface area contributed by atoms with Crippen LogP contribution in [0, 0.1) is 5.92 Å². The molecule has 0 amide bonds. The van der Waals surface area contributed by atoms with Gasteiger partial charge in [0.2, 0.25) is 0 Å². The number of allylic oxidation sites excluding steroid dienone is 3. The predicted octanol–water partition coefficient (Wildman–Crippen LogP) is 4.05. The van der Waals surface area contributed by atoms with Crippen molar-refractivity contribution in [2.24, 2.45) is 5.92 Å². The highest BCUT2D eigenvalue weighted by Crippen LogP contribution is 2.18. The summed E-state index contributed by atoms with van der Waals surface area (Å²) in [5.74, 6) is -0.377. The molecular weight excluding hydrogens is 264 g/mol. The second-order valence-electron chi connectivity index (χ2n) is 5.67. The van der Waals surface area contributed by atoms with Crippen LogP contribution >= 0.6 is 0 Å². The average molecular weight is 296 g/mol. The Morgan fingerprint density at radius 1 is 1.29 bits per heavy atom. The first-order valence-corrected chi connectivity index (χ1v) is 7.68. The number of hydrogen-bond acceptors (Lipinski definition) is 4. The van der Waals surface area contributed by atoms with Crippen molar-refractivity contribution in [3.63, 3.8) is 0 Å². The average Bonchev–Trinajstić information content (AvgIpc) is 2.44. The summed E-state index contributed by atoms with van der Waals surface area (Å²) in [4.78, 5) is 4.47. The second kappa shape index (κ2) is 11.3. The van der Waals surface area contributed by atoms with Gasteiger partial charge in [-0.2, -0.15) is 0 Å². The molecule has 0 saturated carbocycles. The molecule has 4 heteroatoms. The van der Waals surface area contributed by atoms with Gasteiger partial charge in [-0.25, -0.2) is 0 Å². The molecule has 0 aromatic carbocycles. The van der Waals surface area contributed by atoms with Gasteiger partial charge in [-0.1, -0.05) is 26.0 Å². The van der Waals surface area contributed by atoms with Gasteiger partial charge in [0.25, 0.3) is 5.95 Å². The van der Waals surface area contributed by atoms with Crippen molar-refractivity contribution < 1.29 is 10.2 Å². The van der Waals surface area contributed by atoms with Gasteiger partial charge in [0.1, 0.15) is 0 Å². The second-order valence-corrected chi connectivity index (χ2v) is 5.67. The van der Waals surface area contributed by atoms with Gasteiger partial charge in [0.15, 0.2) is 0 Å². The zero-order valence-electron chi connectivity index (χ0n) is 13.9. The van der Waals surface area contributed by atoms with Gasteiger partial charge in [0.05, 0.1) is 6.67 Å². The molecule has 122 valence electrons. The first-order valence-electron chi connectivity index (χ1n) is 7.68.